The van der Waals surface area contributed by atoms with E-state index >= 15 is 0 Å². The second kappa shape index (κ2) is 7.00. The van der Waals surface area contributed by atoms with Crippen molar-refractivity contribution in [1.82, 2.24) is 19.8 Å². The third-order valence-electron chi connectivity index (χ3n) is 3.84. The Labute approximate surface area is 134 Å². The number of hydrogen-bond acceptors (Lipinski definition) is 4. The van der Waals surface area contributed by atoms with Crippen molar-refractivity contribution in [3.8, 4) is 0 Å². The summed E-state index contributed by atoms with van der Waals surface area (Å²) in [5.74, 6) is -0.171. The summed E-state index contributed by atoms with van der Waals surface area (Å²) in [4.78, 5) is 36.6. The lowest BCUT2D eigenvalue weighted by molar-refractivity contribution is 0.0713. The summed E-state index contributed by atoms with van der Waals surface area (Å²) in [7, 11) is 0. The van der Waals surface area contributed by atoms with Crippen LogP contribution in [0.3, 0.4) is 0 Å². The monoisotopic (exact) mass is 310 g/mol. The molecule has 0 atom stereocenters. The van der Waals surface area contributed by atoms with E-state index in [-0.39, 0.29) is 11.8 Å². The Hall–Kier alpha value is -2.76. The van der Waals surface area contributed by atoms with Crippen molar-refractivity contribution < 1.29 is 9.59 Å². The lowest BCUT2D eigenvalue weighted by atomic mass is 10.3. The summed E-state index contributed by atoms with van der Waals surface area (Å²) in [5, 5.41) is 0. The molecular formula is C17H18N4O2. The van der Waals surface area contributed by atoms with Crippen LogP contribution in [0.25, 0.3) is 0 Å². The first-order valence-electron chi connectivity index (χ1n) is 7.66. The SMILES string of the molecule is O=C(c1ccccn1)N1CCCN(C(=O)c2ccccn2)CC1. The average Bonchev–Trinajstić information content (AvgIpc) is 2.88. The Balaban J connectivity index is 1.66. The Kier molecular flexibility index (Phi) is 4.61. The van der Waals surface area contributed by atoms with Crippen LogP contribution in [0.15, 0.2) is 48.8 Å². The summed E-state index contributed by atoms with van der Waals surface area (Å²) < 4.78 is 0. The number of rotatable bonds is 2. The molecule has 2 aromatic heterocycles. The van der Waals surface area contributed by atoms with Crippen LogP contribution in [0.1, 0.15) is 27.4 Å². The Bertz CT molecular complexity index is 616. The number of aromatic nitrogens is 2. The first-order chi connectivity index (χ1) is 11.3. The molecule has 2 amide bonds. The van der Waals surface area contributed by atoms with Crippen LogP contribution < -0.4 is 0 Å². The molecule has 6 heteroatoms. The molecule has 1 fully saturated rings. The van der Waals surface area contributed by atoms with Gasteiger partial charge in [0.1, 0.15) is 11.4 Å². The molecule has 0 aromatic carbocycles. The number of carbonyl (C=O) groups is 2. The standard InChI is InChI=1S/C17H18N4O2/c22-16(14-6-1-3-8-18-14)20-10-5-11-21(13-12-20)17(23)15-7-2-4-9-19-15/h1-4,6-9H,5,10-13H2. The van der Waals surface area contributed by atoms with Gasteiger partial charge in [-0.15, -0.1) is 0 Å². The molecule has 0 N–H and O–H groups in total. The number of nitrogens with zero attached hydrogens (tertiary/aromatic N) is 4. The molecule has 0 radical (unpaired) electrons. The number of hydrogen-bond donors (Lipinski definition) is 0. The van der Waals surface area contributed by atoms with Crippen molar-refractivity contribution in [1.29, 1.82) is 0 Å². The molecule has 3 rings (SSSR count). The maximum absolute atomic E-state index is 12.4. The van der Waals surface area contributed by atoms with Gasteiger partial charge in [-0.25, -0.2) is 0 Å². The molecule has 2 aromatic rings. The van der Waals surface area contributed by atoms with E-state index in [2.05, 4.69) is 9.97 Å². The van der Waals surface area contributed by atoms with Gasteiger partial charge in [0.15, 0.2) is 0 Å². The van der Waals surface area contributed by atoms with E-state index in [1.165, 1.54) is 0 Å². The molecule has 23 heavy (non-hydrogen) atoms. The van der Waals surface area contributed by atoms with Gasteiger partial charge in [0.05, 0.1) is 0 Å². The van der Waals surface area contributed by atoms with E-state index in [0.29, 0.717) is 37.6 Å². The van der Waals surface area contributed by atoms with Crippen molar-refractivity contribution in [3.63, 3.8) is 0 Å². The number of pyridine rings is 2. The second-order valence-corrected chi connectivity index (χ2v) is 5.37. The third-order valence-corrected chi connectivity index (χ3v) is 3.84. The predicted octanol–water partition coefficient (Wildman–Crippen LogP) is 1.46. The van der Waals surface area contributed by atoms with Crippen molar-refractivity contribution in [2.45, 2.75) is 6.42 Å². The number of amides is 2. The largest absolute Gasteiger partial charge is 0.335 e. The molecule has 0 spiro atoms. The van der Waals surface area contributed by atoms with Gasteiger partial charge in [0.2, 0.25) is 0 Å². The van der Waals surface area contributed by atoms with Gasteiger partial charge in [-0.3, -0.25) is 19.6 Å². The molecule has 0 unspecified atom stereocenters. The van der Waals surface area contributed by atoms with E-state index in [9.17, 15) is 9.59 Å². The Morgan fingerprint density at radius 1 is 0.739 bits per heavy atom. The van der Waals surface area contributed by atoms with Crippen molar-refractivity contribution in [3.05, 3.63) is 60.2 Å². The van der Waals surface area contributed by atoms with E-state index in [1.807, 2.05) is 0 Å². The van der Waals surface area contributed by atoms with Crippen LogP contribution in [0.5, 0.6) is 0 Å². The van der Waals surface area contributed by atoms with Crippen LogP contribution in [0.2, 0.25) is 0 Å². The van der Waals surface area contributed by atoms with Crippen LogP contribution in [0.4, 0.5) is 0 Å². The summed E-state index contributed by atoms with van der Waals surface area (Å²) in [5.41, 5.74) is 0.883. The fraction of sp³-hybridized carbons (Fsp3) is 0.294. The molecule has 1 aliphatic heterocycles. The maximum Gasteiger partial charge on any atom is 0.272 e. The van der Waals surface area contributed by atoms with E-state index in [4.69, 9.17) is 0 Å². The van der Waals surface area contributed by atoms with Gasteiger partial charge in [-0.05, 0) is 30.7 Å². The maximum atomic E-state index is 12.4. The van der Waals surface area contributed by atoms with Gasteiger partial charge >= 0.3 is 0 Å². The van der Waals surface area contributed by atoms with Crippen molar-refractivity contribution in [2.75, 3.05) is 26.2 Å². The van der Waals surface area contributed by atoms with E-state index < -0.39 is 0 Å². The van der Waals surface area contributed by atoms with E-state index in [0.717, 1.165) is 6.42 Å². The summed E-state index contributed by atoms with van der Waals surface area (Å²) in [6.45, 7) is 2.27. The Morgan fingerprint density at radius 3 is 1.61 bits per heavy atom. The van der Waals surface area contributed by atoms with Gasteiger partial charge < -0.3 is 9.80 Å². The van der Waals surface area contributed by atoms with Gasteiger partial charge in [0.25, 0.3) is 11.8 Å². The topological polar surface area (TPSA) is 66.4 Å². The molecular weight excluding hydrogens is 292 g/mol. The first kappa shape index (κ1) is 15.1. The second-order valence-electron chi connectivity index (χ2n) is 5.37. The minimum Gasteiger partial charge on any atom is -0.335 e. The molecule has 3 heterocycles. The highest BCUT2D eigenvalue weighted by Crippen LogP contribution is 2.10. The molecule has 0 bridgehead atoms. The number of carbonyl (C=O) groups excluding carboxylic acids is 2. The quantitative estimate of drug-likeness (QED) is 0.842. The van der Waals surface area contributed by atoms with Crippen molar-refractivity contribution >= 4 is 11.8 Å². The van der Waals surface area contributed by atoms with Crippen LogP contribution in [-0.2, 0) is 0 Å². The van der Waals surface area contributed by atoms with Gasteiger partial charge in [-0.2, -0.15) is 0 Å². The smallest absolute Gasteiger partial charge is 0.272 e. The minimum absolute atomic E-state index is 0.0854. The highest BCUT2D eigenvalue weighted by atomic mass is 16.2. The average molecular weight is 310 g/mol. The van der Waals surface area contributed by atoms with Crippen LogP contribution in [0, 0.1) is 0 Å². The lowest BCUT2D eigenvalue weighted by Gasteiger charge is -2.21. The van der Waals surface area contributed by atoms with Gasteiger partial charge in [0, 0.05) is 38.6 Å². The van der Waals surface area contributed by atoms with E-state index in [1.54, 1.807) is 58.6 Å². The molecule has 6 nitrogen and oxygen atoms in total. The zero-order valence-electron chi connectivity index (χ0n) is 12.8. The summed E-state index contributed by atoms with van der Waals surface area (Å²) >= 11 is 0. The van der Waals surface area contributed by atoms with Crippen LogP contribution in [-0.4, -0.2) is 57.8 Å². The fourth-order valence-corrected chi connectivity index (χ4v) is 2.63. The highest BCUT2D eigenvalue weighted by molar-refractivity contribution is 5.93. The molecule has 1 aliphatic rings. The summed E-state index contributed by atoms with van der Waals surface area (Å²) in [6, 6.07) is 10.6. The zero-order valence-corrected chi connectivity index (χ0v) is 12.8. The molecule has 0 saturated carbocycles. The third kappa shape index (κ3) is 3.53. The molecule has 1 saturated heterocycles. The predicted molar refractivity (Wildman–Crippen MR) is 84.9 cm³/mol. The zero-order chi connectivity index (χ0) is 16.1. The van der Waals surface area contributed by atoms with Crippen LogP contribution >= 0.6 is 0 Å². The van der Waals surface area contributed by atoms with Gasteiger partial charge in [-0.1, -0.05) is 12.1 Å². The molecule has 0 aliphatic carbocycles. The highest BCUT2D eigenvalue weighted by Gasteiger charge is 2.24. The minimum atomic E-state index is -0.0854. The Morgan fingerprint density at radius 2 is 1.22 bits per heavy atom. The summed E-state index contributed by atoms with van der Waals surface area (Å²) in [6.07, 6.45) is 3.97. The lowest BCUT2D eigenvalue weighted by Crippen LogP contribution is -2.37. The fourth-order valence-electron chi connectivity index (χ4n) is 2.63. The normalized spacial score (nSPS) is 15.1. The van der Waals surface area contributed by atoms with Crippen molar-refractivity contribution in [2.24, 2.45) is 0 Å². The molecule has 118 valence electrons. The first-order valence-corrected chi connectivity index (χ1v) is 7.66.